The fourth-order valence-electron chi connectivity index (χ4n) is 4.04. The van der Waals surface area contributed by atoms with Crippen LogP contribution in [0.25, 0.3) is 0 Å². The normalized spacial score (nSPS) is 14.3. The summed E-state index contributed by atoms with van der Waals surface area (Å²) in [7, 11) is 0. The number of phenolic OH excluding ortho intramolecular Hbond substituents is 1. The van der Waals surface area contributed by atoms with Crippen LogP contribution < -0.4 is 9.64 Å². The van der Waals surface area contributed by atoms with E-state index in [-0.39, 0.29) is 17.0 Å². The second kappa shape index (κ2) is 11.8. The number of carbonyl (C=O) groups is 1. The van der Waals surface area contributed by atoms with Crippen molar-refractivity contribution >= 4 is 57.7 Å². The minimum absolute atomic E-state index is 0.0752. The van der Waals surface area contributed by atoms with Gasteiger partial charge >= 0.3 is 0 Å². The number of rotatable bonds is 6. The molecule has 1 aliphatic rings. The molecule has 0 radical (unpaired) electrons. The molecular weight excluding hydrogens is 525 g/mol. The highest BCUT2D eigenvalue weighted by atomic mass is 35.5. The molecular formula is C27H22Cl3NO3S. The number of alkyl halides is 2. The largest absolute Gasteiger partial charge is 0.508 e. The fraction of sp³-hybridized carbons (Fsp3) is 0.148. The second-order valence-corrected chi connectivity index (χ2v) is 10.3. The molecule has 0 bridgehead atoms. The molecule has 1 aromatic heterocycles. The van der Waals surface area contributed by atoms with E-state index in [1.54, 1.807) is 23.1 Å². The lowest BCUT2D eigenvalue weighted by molar-refractivity contribution is -0.118. The lowest BCUT2D eigenvalue weighted by atomic mass is 9.91. The zero-order chi connectivity index (χ0) is 24.8. The molecule has 0 aliphatic carbocycles. The molecule has 1 N–H and O–H groups in total. The van der Waals surface area contributed by atoms with Gasteiger partial charge in [-0.1, -0.05) is 60.1 Å². The van der Waals surface area contributed by atoms with Gasteiger partial charge in [-0.05, 0) is 47.5 Å². The third kappa shape index (κ3) is 5.93. The predicted octanol–water partition coefficient (Wildman–Crippen LogP) is 7.79. The molecule has 1 atom stereocenters. The molecule has 1 unspecified atom stereocenters. The van der Waals surface area contributed by atoms with Gasteiger partial charge in [-0.15, -0.1) is 34.5 Å². The number of phenols is 1. The number of carbonyl (C=O) groups excluding carboxylic acids is 1. The van der Waals surface area contributed by atoms with Gasteiger partial charge in [0, 0.05) is 16.1 Å². The third-order valence-corrected chi connectivity index (χ3v) is 6.77. The standard InChI is InChI=1S/C26H20ClNO3S.CH2Cl2/c27-24-13-11-19(32-24)15-28-22-9-5-4-8-20(22)25(26(28)30)21-14-18(10-12-23(21)29)31-16-17-6-2-1-3-7-17;2-1-3/h1-14,25,29H,15-16H2;1H2. The summed E-state index contributed by atoms with van der Waals surface area (Å²) < 4.78 is 6.64. The van der Waals surface area contributed by atoms with Gasteiger partial charge in [0.15, 0.2) is 0 Å². The van der Waals surface area contributed by atoms with Crippen LogP contribution in [0.3, 0.4) is 0 Å². The van der Waals surface area contributed by atoms with Gasteiger partial charge in [-0.25, -0.2) is 0 Å². The van der Waals surface area contributed by atoms with Gasteiger partial charge < -0.3 is 14.7 Å². The number of aromatic hydroxyl groups is 1. The van der Waals surface area contributed by atoms with E-state index in [2.05, 4.69) is 0 Å². The average Bonchev–Trinajstić information content (AvgIpc) is 3.40. The van der Waals surface area contributed by atoms with E-state index in [1.165, 1.54) is 11.3 Å². The number of benzene rings is 3. The van der Waals surface area contributed by atoms with Crippen molar-refractivity contribution in [1.29, 1.82) is 0 Å². The SMILES string of the molecule is ClCCl.O=C1C(c2cc(OCc3ccccc3)ccc2O)c2ccccc2N1Cc1ccc(Cl)s1. The van der Waals surface area contributed by atoms with Gasteiger partial charge in [0.25, 0.3) is 0 Å². The molecule has 0 saturated carbocycles. The zero-order valence-corrected chi connectivity index (χ0v) is 21.6. The Morgan fingerprint density at radius 1 is 0.914 bits per heavy atom. The minimum atomic E-state index is -0.595. The number of anilines is 1. The number of halogens is 3. The van der Waals surface area contributed by atoms with Gasteiger partial charge in [0.2, 0.25) is 5.91 Å². The Morgan fingerprint density at radius 3 is 2.34 bits per heavy atom. The molecule has 0 fully saturated rings. The lowest BCUT2D eigenvalue weighted by Gasteiger charge is -2.18. The highest BCUT2D eigenvalue weighted by Crippen LogP contribution is 2.45. The summed E-state index contributed by atoms with van der Waals surface area (Å²) in [5.74, 6) is 0.00907. The van der Waals surface area contributed by atoms with Crippen LogP contribution in [0.1, 0.15) is 27.5 Å². The topological polar surface area (TPSA) is 49.8 Å². The van der Waals surface area contributed by atoms with Gasteiger partial charge in [0.1, 0.15) is 18.1 Å². The van der Waals surface area contributed by atoms with Gasteiger partial charge in [-0.3, -0.25) is 4.79 Å². The minimum Gasteiger partial charge on any atom is -0.508 e. The highest BCUT2D eigenvalue weighted by Gasteiger charge is 2.39. The Balaban J connectivity index is 0.000000917. The molecule has 35 heavy (non-hydrogen) atoms. The van der Waals surface area contributed by atoms with Crippen molar-refractivity contribution in [1.82, 2.24) is 0 Å². The van der Waals surface area contributed by atoms with Crippen LogP contribution in [-0.2, 0) is 17.9 Å². The van der Waals surface area contributed by atoms with Crippen LogP contribution in [0.2, 0.25) is 4.34 Å². The summed E-state index contributed by atoms with van der Waals surface area (Å²) in [4.78, 5) is 16.3. The van der Waals surface area contributed by atoms with E-state index in [0.717, 1.165) is 21.7 Å². The Hall–Kier alpha value is -2.70. The van der Waals surface area contributed by atoms with Crippen molar-refractivity contribution in [3.63, 3.8) is 0 Å². The van der Waals surface area contributed by atoms with Crippen LogP contribution >= 0.6 is 46.1 Å². The van der Waals surface area contributed by atoms with Gasteiger partial charge in [0.05, 0.1) is 22.1 Å². The number of amides is 1. The maximum Gasteiger partial charge on any atom is 0.239 e. The maximum atomic E-state index is 13.6. The van der Waals surface area contributed by atoms with E-state index in [9.17, 15) is 9.90 Å². The quantitative estimate of drug-likeness (QED) is 0.251. The summed E-state index contributed by atoms with van der Waals surface area (Å²) >= 11 is 17.1. The number of para-hydroxylation sites is 1. The van der Waals surface area contributed by atoms with E-state index in [1.807, 2.05) is 66.7 Å². The Morgan fingerprint density at radius 2 is 1.63 bits per heavy atom. The second-order valence-electron chi connectivity index (χ2n) is 7.72. The van der Waals surface area contributed by atoms with Crippen LogP contribution in [0.15, 0.2) is 84.9 Å². The van der Waals surface area contributed by atoms with E-state index < -0.39 is 5.92 Å². The number of nitrogens with zero attached hydrogens (tertiary/aromatic N) is 1. The van der Waals surface area contributed by atoms with Gasteiger partial charge in [-0.2, -0.15) is 0 Å². The third-order valence-electron chi connectivity index (χ3n) is 5.55. The van der Waals surface area contributed by atoms with E-state index in [4.69, 9.17) is 39.5 Å². The number of hydrogen-bond acceptors (Lipinski definition) is 4. The molecule has 1 amide bonds. The molecule has 0 saturated heterocycles. The highest BCUT2D eigenvalue weighted by molar-refractivity contribution is 7.16. The van der Waals surface area contributed by atoms with Crippen LogP contribution in [-0.4, -0.2) is 16.4 Å². The smallest absolute Gasteiger partial charge is 0.239 e. The maximum absolute atomic E-state index is 13.6. The molecule has 1 aliphatic heterocycles. The Bertz CT molecular complexity index is 1300. The summed E-state index contributed by atoms with van der Waals surface area (Å²) in [6.07, 6.45) is 0. The Labute approximate surface area is 223 Å². The first kappa shape index (κ1) is 25.4. The Kier molecular flexibility index (Phi) is 8.58. The average molecular weight is 547 g/mol. The molecule has 2 heterocycles. The first-order valence-corrected chi connectivity index (χ1v) is 13.0. The zero-order valence-electron chi connectivity index (χ0n) is 18.5. The van der Waals surface area contributed by atoms with E-state index in [0.29, 0.717) is 28.8 Å². The molecule has 180 valence electrons. The fourth-order valence-corrected chi connectivity index (χ4v) is 5.11. The lowest BCUT2D eigenvalue weighted by Crippen LogP contribution is -2.28. The van der Waals surface area contributed by atoms with Crippen molar-refractivity contribution in [2.75, 3.05) is 10.2 Å². The number of hydrogen-bond donors (Lipinski definition) is 1. The summed E-state index contributed by atoms with van der Waals surface area (Å²) in [5, 5.41) is 10.9. The molecule has 4 aromatic rings. The number of ether oxygens (including phenoxy) is 1. The van der Waals surface area contributed by atoms with Crippen molar-refractivity contribution in [2.24, 2.45) is 0 Å². The summed E-state index contributed by atoms with van der Waals surface area (Å²) in [6, 6.07) is 26.4. The number of thiophene rings is 1. The molecule has 5 rings (SSSR count). The molecule has 0 spiro atoms. The van der Waals surface area contributed by atoms with Crippen LogP contribution in [0.5, 0.6) is 11.5 Å². The van der Waals surface area contributed by atoms with Crippen molar-refractivity contribution in [3.8, 4) is 11.5 Å². The number of fused-ring (bicyclic) bond motifs is 1. The predicted molar refractivity (Wildman–Crippen MR) is 144 cm³/mol. The summed E-state index contributed by atoms with van der Waals surface area (Å²) in [6.45, 7) is 0.847. The van der Waals surface area contributed by atoms with Crippen molar-refractivity contribution < 1.29 is 14.6 Å². The van der Waals surface area contributed by atoms with Crippen LogP contribution in [0.4, 0.5) is 5.69 Å². The molecule has 3 aromatic carbocycles. The first-order valence-electron chi connectivity index (χ1n) is 10.8. The van der Waals surface area contributed by atoms with Crippen molar-refractivity contribution in [2.45, 2.75) is 19.1 Å². The summed E-state index contributed by atoms with van der Waals surface area (Å²) in [5.41, 5.74) is 3.31. The first-order chi connectivity index (χ1) is 17.0. The molecule has 4 nitrogen and oxygen atoms in total. The van der Waals surface area contributed by atoms with Crippen molar-refractivity contribution in [3.05, 3.63) is 111 Å². The van der Waals surface area contributed by atoms with Crippen LogP contribution in [0, 0.1) is 0 Å². The monoisotopic (exact) mass is 545 g/mol. The van der Waals surface area contributed by atoms with E-state index >= 15 is 0 Å². The molecule has 8 heteroatoms.